The Morgan fingerprint density at radius 3 is 3.00 bits per heavy atom. The molecule has 1 aromatic rings. The fourth-order valence-electron chi connectivity index (χ4n) is 1.60. The lowest BCUT2D eigenvalue weighted by Gasteiger charge is -2.21. The predicted octanol–water partition coefficient (Wildman–Crippen LogP) is 0.967. The first-order valence-electron chi connectivity index (χ1n) is 4.31. The van der Waals surface area contributed by atoms with Gasteiger partial charge in [-0.15, -0.1) is 0 Å². The first kappa shape index (κ1) is 7.55. The fourth-order valence-corrected chi connectivity index (χ4v) is 1.60. The first-order valence-corrected chi connectivity index (χ1v) is 4.31. The van der Waals surface area contributed by atoms with Crippen molar-refractivity contribution in [2.45, 2.75) is 19.0 Å². The van der Waals surface area contributed by atoms with Crippen LogP contribution >= 0.6 is 0 Å². The molecule has 1 saturated heterocycles. The third-order valence-corrected chi connectivity index (χ3v) is 2.24. The van der Waals surface area contributed by atoms with Gasteiger partial charge < -0.3 is 10.6 Å². The number of rotatable bonds is 1. The van der Waals surface area contributed by atoms with Gasteiger partial charge >= 0.3 is 0 Å². The van der Waals surface area contributed by atoms with E-state index in [1.807, 2.05) is 18.2 Å². The average molecular weight is 163 g/mol. The van der Waals surface area contributed by atoms with Crippen LogP contribution in [0.5, 0.6) is 0 Å². The number of aromatic nitrogens is 1. The van der Waals surface area contributed by atoms with Gasteiger partial charge in [0, 0.05) is 12.7 Å². The zero-order chi connectivity index (χ0) is 8.39. The third kappa shape index (κ3) is 1.28. The Morgan fingerprint density at radius 1 is 1.50 bits per heavy atom. The average Bonchev–Trinajstić information content (AvgIpc) is 2.53. The summed E-state index contributed by atoms with van der Waals surface area (Å²) in [7, 11) is 0. The van der Waals surface area contributed by atoms with Crippen molar-refractivity contribution in [2.75, 3.05) is 11.4 Å². The van der Waals surface area contributed by atoms with Gasteiger partial charge in [0.2, 0.25) is 0 Å². The Bertz CT molecular complexity index is 247. The molecule has 3 heteroatoms. The maximum absolute atomic E-state index is 5.90. The molecule has 64 valence electrons. The van der Waals surface area contributed by atoms with E-state index in [-0.39, 0.29) is 6.17 Å². The molecule has 1 aliphatic rings. The largest absolute Gasteiger partial charge is 0.341 e. The Kier molecular flexibility index (Phi) is 1.96. The van der Waals surface area contributed by atoms with Crippen molar-refractivity contribution >= 4 is 5.82 Å². The maximum Gasteiger partial charge on any atom is 0.129 e. The van der Waals surface area contributed by atoms with Gasteiger partial charge in [-0.25, -0.2) is 4.98 Å². The highest BCUT2D eigenvalue weighted by atomic mass is 15.3. The van der Waals surface area contributed by atoms with E-state index in [0.29, 0.717) is 0 Å². The van der Waals surface area contributed by atoms with E-state index in [2.05, 4.69) is 9.88 Å². The number of hydrogen-bond acceptors (Lipinski definition) is 3. The lowest BCUT2D eigenvalue weighted by molar-refractivity contribution is 0.694. The van der Waals surface area contributed by atoms with Gasteiger partial charge in [-0.1, -0.05) is 6.07 Å². The summed E-state index contributed by atoms with van der Waals surface area (Å²) < 4.78 is 0. The highest BCUT2D eigenvalue weighted by molar-refractivity contribution is 5.39. The zero-order valence-corrected chi connectivity index (χ0v) is 6.98. The summed E-state index contributed by atoms with van der Waals surface area (Å²) >= 11 is 0. The van der Waals surface area contributed by atoms with E-state index in [0.717, 1.165) is 18.8 Å². The first-order chi connectivity index (χ1) is 5.88. The Hall–Kier alpha value is -1.09. The molecule has 2 rings (SSSR count). The van der Waals surface area contributed by atoms with Gasteiger partial charge in [-0.3, -0.25) is 0 Å². The van der Waals surface area contributed by atoms with Gasteiger partial charge in [0.05, 0.1) is 6.17 Å². The number of pyridine rings is 1. The van der Waals surface area contributed by atoms with Crippen LogP contribution in [0.25, 0.3) is 0 Å². The van der Waals surface area contributed by atoms with E-state index in [9.17, 15) is 0 Å². The van der Waals surface area contributed by atoms with Crippen molar-refractivity contribution in [3.05, 3.63) is 24.4 Å². The summed E-state index contributed by atoms with van der Waals surface area (Å²) in [6, 6.07) is 5.92. The molecule has 3 nitrogen and oxygen atoms in total. The smallest absolute Gasteiger partial charge is 0.129 e. The molecule has 2 N–H and O–H groups in total. The lowest BCUT2D eigenvalue weighted by atomic mass is 10.3. The third-order valence-electron chi connectivity index (χ3n) is 2.24. The second-order valence-corrected chi connectivity index (χ2v) is 3.09. The summed E-state index contributed by atoms with van der Waals surface area (Å²) in [6.45, 7) is 1.04. The van der Waals surface area contributed by atoms with Gasteiger partial charge in [-0.2, -0.15) is 0 Å². The number of nitrogens with zero attached hydrogens (tertiary/aromatic N) is 2. The topological polar surface area (TPSA) is 42.1 Å². The number of anilines is 1. The summed E-state index contributed by atoms with van der Waals surface area (Å²) in [5, 5.41) is 0. The molecule has 0 spiro atoms. The van der Waals surface area contributed by atoms with Gasteiger partial charge in [0.1, 0.15) is 5.82 Å². The SMILES string of the molecule is NC1CCCN1c1ccccn1. The summed E-state index contributed by atoms with van der Waals surface area (Å²) in [5.74, 6) is 1.00. The van der Waals surface area contributed by atoms with E-state index in [1.165, 1.54) is 6.42 Å². The molecule has 2 heterocycles. The van der Waals surface area contributed by atoms with Gasteiger partial charge in [-0.05, 0) is 25.0 Å². The maximum atomic E-state index is 5.90. The molecule has 0 saturated carbocycles. The second-order valence-electron chi connectivity index (χ2n) is 3.09. The van der Waals surface area contributed by atoms with Crippen LogP contribution in [-0.2, 0) is 0 Å². The van der Waals surface area contributed by atoms with Crippen LogP contribution in [0.2, 0.25) is 0 Å². The van der Waals surface area contributed by atoms with Gasteiger partial charge in [0.15, 0.2) is 0 Å². The Morgan fingerprint density at radius 2 is 2.42 bits per heavy atom. The van der Waals surface area contributed by atoms with Crippen molar-refractivity contribution in [1.29, 1.82) is 0 Å². The van der Waals surface area contributed by atoms with Crippen LogP contribution < -0.4 is 10.6 Å². The Labute approximate surface area is 72.2 Å². The second kappa shape index (κ2) is 3.11. The van der Waals surface area contributed by atoms with Crippen molar-refractivity contribution in [2.24, 2.45) is 5.73 Å². The molecular weight excluding hydrogens is 150 g/mol. The quantitative estimate of drug-likeness (QED) is 0.670. The van der Waals surface area contributed by atoms with E-state index in [4.69, 9.17) is 5.73 Å². The molecule has 1 fully saturated rings. The predicted molar refractivity (Wildman–Crippen MR) is 48.8 cm³/mol. The van der Waals surface area contributed by atoms with Crippen LogP contribution in [0.15, 0.2) is 24.4 Å². The number of nitrogens with two attached hydrogens (primary N) is 1. The van der Waals surface area contributed by atoms with Crippen molar-refractivity contribution in [3.63, 3.8) is 0 Å². The standard InChI is InChI=1S/C9H13N3/c10-8-4-3-7-12(8)9-5-1-2-6-11-9/h1-2,5-6,8H,3-4,7,10H2. The summed E-state index contributed by atoms with van der Waals surface area (Å²) in [5.41, 5.74) is 5.90. The monoisotopic (exact) mass is 163 g/mol. The van der Waals surface area contributed by atoms with E-state index < -0.39 is 0 Å². The molecule has 12 heavy (non-hydrogen) atoms. The molecule has 0 bridgehead atoms. The highest BCUT2D eigenvalue weighted by Crippen LogP contribution is 2.19. The molecule has 1 aliphatic heterocycles. The minimum absolute atomic E-state index is 0.167. The summed E-state index contributed by atoms with van der Waals surface area (Å²) in [6.07, 6.45) is 4.23. The van der Waals surface area contributed by atoms with Crippen molar-refractivity contribution < 1.29 is 0 Å². The molecule has 0 amide bonds. The fraction of sp³-hybridized carbons (Fsp3) is 0.444. The van der Waals surface area contributed by atoms with Gasteiger partial charge in [0.25, 0.3) is 0 Å². The molecule has 0 aromatic carbocycles. The highest BCUT2D eigenvalue weighted by Gasteiger charge is 2.21. The van der Waals surface area contributed by atoms with E-state index in [1.54, 1.807) is 6.20 Å². The summed E-state index contributed by atoms with van der Waals surface area (Å²) in [4.78, 5) is 6.41. The van der Waals surface area contributed by atoms with Crippen LogP contribution in [0.1, 0.15) is 12.8 Å². The van der Waals surface area contributed by atoms with Crippen molar-refractivity contribution in [3.8, 4) is 0 Å². The molecule has 1 atom stereocenters. The minimum atomic E-state index is 0.167. The van der Waals surface area contributed by atoms with Crippen LogP contribution in [0.3, 0.4) is 0 Å². The molecule has 0 radical (unpaired) electrons. The molecular formula is C9H13N3. The Balaban J connectivity index is 2.19. The van der Waals surface area contributed by atoms with Crippen LogP contribution in [0, 0.1) is 0 Å². The molecule has 0 aliphatic carbocycles. The van der Waals surface area contributed by atoms with Crippen LogP contribution in [0.4, 0.5) is 5.82 Å². The van der Waals surface area contributed by atoms with Crippen LogP contribution in [-0.4, -0.2) is 17.7 Å². The number of hydrogen-bond donors (Lipinski definition) is 1. The lowest BCUT2D eigenvalue weighted by Crippen LogP contribution is -2.36. The van der Waals surface area contributed by atoms with Crippen molar-refractivity contribution in [1.82, 2.24) is 4.98 Å². The van der Waals surface area contributed by atoms with E-state index >= 15 is 0 Å². The molecule has 1 aromatic heterocycles. The minimum Gasteiger partial charge on any atom is -0.341 e. The zero-order valence-electron chi connectivity index (χ0n) is 6.98. The molecule has 1 unspecified atom stereocenters. The normalized spacial score (nSPS) is 23.1.